The Morgan fingerprint density at radius 3 is 2.67 bits per heavy atom. The molecule has 21 heavy (non-hydrogen) atoms. The summed E-state index contributed by atoms with van der Waals surface area (Å²) in [5.74, 6) is 0.854. The quantitative estimate of drug-likeness (QED) is 0.884. The summed E-state index contributed by atoms with van der Waals surface area (Å²) < 4.78 is 26.9. The first-order valence-corrected chi connectivity index (χ1v) is 8.54. The van der Waals surface area contributed by atoms with Crippen molar-refractivity contribution >= 4 is 33.0 Å². The highest BCUT2D eigenvalue weighted by molar-refractivity contribution is 7.92. The number of halogens is 1. The zero-order valence-corrected chi connectivity index (χ0v) is 13.5. The van der Waals surface area contributed by atoms with Gasteiger partial charge < -0.3 is 9.88 Å². The van der Waals surface area contributed by atoms with E-state index in [1.54, 1.807) is 24.4 Å². The number of rotatable bonds is 5. The van der Waals surface area contributed by atoms with E-state index in [1.807, 2.05) is 24.7 Å². The second-order valence-corrected chi connectivity index (χ2v) is 6.99. The molecule has 0 fully saturated rings. The standard InChI is InChI=1S/C13H17ClN4O2S/c1-9(13-15-6-7-18(13)2)16-12-8-10(4-5-11(12)14)17-21(3,19)20/h4-9,16-17H,1-3H3. The Morgan fingerprint density at radius 1 is 1.38 bits per heavy atom. The van der Waals surface area contributed by atoms with E-state index in [0.717, 1.165) is 12.1 Å². The van der Waals surface area contributed by atoms with Crippen LogP contribution < -0.4 is 10.0 Å². The van der Waals surface area contributed by atoms with Gasteiger partial charge in [-0.1, -0.05) is 11.6 Å². The van der Waals surface area contributed by atoms with Gasteiger partial charge in [0.05, 0.1) is 28.7 Å². The molecule has 8 heteroatoms. The molecule has 2 rings (SSSR count). The van der Waals surface area contributed by atoms with Crippen LogP contribution >= 0.6 is 11.6 Å². The van der Waals surface area contributed by atoms with Crippen molar-refractivity contribution in [3.05, 3.63) is 41.4 Å². The maximum atomic E-state index is 11.3. The third-order valence-corrected chi connectivity index (χ3v) is 3.82. The first kappa shape index (κ1) is 15.7. The summed E-state index contributed by atoms with van der Waals surface area (Å²) in [6.45, 7) is 1.95. The smallest absolute Gasteiger partial charge is 0.229 e. The SMILES string of the molecule is CC(Nc1cc(NS(C)(=O)=O)ccc1Cl)c1nccn1C. The Labute approximate surface area is 129 Å². The maximum absolute atomic E-state index is 11.3. The molecule has 2 aromatic rings. The number of imidazole rings is 1. The summed E-state index contributed by atoms with van der Waals surface area (Å²) in [4.78, 5) is 4.27. The van der Waals surface area contributed by atoms with E-state index in [1.165, 1.54) is 0 Å². The van der Waals surface area contributed by atoms with Gasteiger partial charge in [0.15, 0.2) is 0 Å². The number of anilines is 2. The summed E-state index contributed by atoms with van der Waals surface area (Å²) in [6, 6.07) is 4.83. The Hall–Kier alpha value is -1.73. The number of aryl methyl sites for hydroxylation is 1. The van der Waals surface area contributed by atoms with Gasteiger partial charge in [-0.3, -0.25) is 4.72 Å². The van der Waals surface area contributed by atoms with E-state index in [4.69, 9.17) is 11.6 Å². The molecule has 1 aromatic carbocycles. The van der Waals surface area contributed by atoms with Crippen molar-refractivity contribution in [1.29, 1.82) is 0 Å². The predicted octanol–water partition coefficient (Wildman–Crippen LogP) is 2.62. The van der Waals surface area contributed by atoms with Crippen molar-refractivity contribution < 1.29 is 8.42 Å². The first-order chi connectivity index (χ1) is 9.76. The van der Waals surface area contributed by atoms with Gasteiger partial charge in [0.2, 0.25) is 10.0 Å². The largest absolute Gasteiger partial charge is 0.374 e. The minimum atomic E-state index is -3.32. The second-order valence-electron chi connectivity index (χ2n) is 4.83. The molecular formula is C13H17ClN4O2S. The van der Waals surface area contributed by atoms with Crippen LogP contribution in [0.25, 0.3) is 0 Å². The fraction of sp³-hybridized carbons (Fsp3) is 0.308. The molecule has 0 aliphatic rings. The Bertz CT molecular complexity index is 742. The molecular weight excluding hydrogens is 312 g/mol. The van der Waals surface area contributed by atoms with Gasteiger partial charge in [0.25, 0.3) is 0 Å². The number of nitrogens with one attached hydrogen (secondary N) is 2. The molecule has 6 nitrogen and oxygen atoms in total. The van der Waals surface area contributed by atoms with Crippen LogP contribution in [0.1, 0.15) is 18.8 Å². The summed E-state index contributed by atoms with van der Waals surface area (Å²) in [7, 11) is -1.42. The highest BCUT2D eigenvalue weighted by atomic mass is 35.5. The molecule has 0 aliphatic heterocycles. The predicted molar refractivity (Wildman–Crippen MR) is 85.2 cm³/mol. The van der Waals surface area contributed by atoms with Gasteiger partial charge in [0, 0.05) is 19.4 Å². The number of benzene rings is 1. The average Bonchev–Trinajstić information content (AvgIpc) is 2.78. The summed E-state index contributed by atoms with van der Waals surface area (Å²) in [5.41, 5.74) is 1.09. The first-order valence-electron chi connectivity index (χ1n) is 6.27. The number of hydrogen-bond donors (Lipinski definition) is 2. The molecule has 1 aromatic heterocycles. The highest BCUT2D eigenvalue weighted by Gasteiger charge is 2.13. The Balaban J connectivity index is 2.23. The van der Waals surface area contributed by atoms with Crippen LogP contribution in [-0.2, 0) is 17.1 Å². The summed E-state index contributed by atoms with van der Waals surface area (Å²) in [6.07, 6.45) is 4.68. The zero-order chi connectivity index (χ0) is 15.6. The molecule has 1 heterocycles. The normalized spacial score (nSPS) is 13.0. The topological polar surface area (TPSA) is 76.0 Å². The van der Waals surface area contributed by atoms with Crippen molar-refractivity contribution in [2.45, 2.75) is 13.0 Å². The van der Waals surface area contributed by atoms with Crippen molar-refractivity contribution in [3.8, 4) is 0 Å². The second kappa shape index (κ2) is 5.95. The molecule has 1 unspecified atom stereocenters. The van der Waals surface area contributed by atoms with E-state index < -0.39 is 10.0 Å². The summed E-state index contributed by atoms with van der Waals surface area (Å²) in [5, 5.41) is 3.74. The lowest BCUT2D eigenvalue weighted by Crippen LogP contribution is -2.13. The molecule has 114 valence electrons. The third kappa shape index (κ3) is 4.12. The maximum Gasteiger partial charge on any atom is 0.229 e. The average molecular weight is 329 g/mol. The van der Waals surface area contributed by atoms with Gasteiger partial charge in [-0.2, -0.15) is 0 Å². The van der Waals surface area contributed by atoms with Crippen molar-refractivity contribution in [2.75, 3.05) is 16.3 Å². The van der Waals surface area contributed by atoms with Crippen LogP contribution in [0.4, 0.5) is 11.4 Å². The summed E-state index contributed by atoms with van der Waals surface area (Å²) >= 11 is 6.15. The number of aromatic nitrogens is 2. The number of nitrogens with zero attached hydrogens (tertiary/aromatic N) is 2. The minimum Gasteiger partial charge on any atom is -0.374 e. The lowest BCUT2D eigenvalue weighted by molar-refractivity contribution is 0.607. The molecule has 2 N–H and O–H groups in total. The lowest BCUT2D eigenvalue weighted by atomic mass is 10.2. The molecule has 0 saturated carbocycles. The van der Waals surface area contributed by atoms with Crippen molar-refractivity contribution in [3.63, 3.8) is 0 Å². The molecule has 0 amide bonds. The van der Waals surface area contributed by atoms with Gasteiger partial charge in [0.1, 0.15) is 5.82 Å². The van der Waals surface area contributed by atoms with Gasteiger partial charge >= 0.3 is 0 Å². The Kier molecular flexibility index (Phi) is 4.43. The monoisotopic (exact) mass is 328 g/mol. The van der Waals surface area contributed by atoms with Crippen LogP contribution in [0.5, 0.6) is 0 Å². The van der Waals surface area contributed by atoms with Crippen LogP contribution in [0.2, 0.25) is 5.02 Å². The fourth-order valence-corrected chi connectivity index (χ4v) is 2.73. The minimum absolute atomic E-state index is 0.0732. The molecule has 0 aliphatic carbocycles. The molecule has 0 spiro atoms. The lowest BCUT2D eigenvalue weighted by Gasteiger charge is -2.17. The van der Waals surface area contributed by atoms with Gasteiger partial charge in [-0.15, -0.1) is 0 Å². The third-order valence-electron chi connectivity index (χ3n) is 2.89. The molecule has 0 radical (unpaired) electrons. The Morgan fingerprint density at radius 2 is 2.10 bits per heavy atom. The van der Waals surface area contributed by atoms with E-state index in [-0.39, 0.29) is 6.04 Å². The number of hydrogen-bond acceptors (Lipinski definition) is 4. The fourth-order valence-electron chi connectivity index (χ4n) is 2.01. The van der Waals surface area contributed by atoms with Crippen LogP contribution in [-0.4, -0.2) is 24.2 Å². The van der Waals surface area contributed by atoms with Crippen LogP contribution in [0.3, 0.4) is 0 Å². The van der Waals surface area contributed by atoms with Crippen LogP contribution in [0, 0.1) is 0 Å². The van der Waals surface area contributed by atoms with Crippen molar-refractivity contribution in [1.82, 2.24) is 9.55 Å². The molecule has 0 bridgehead atoms. The van der Waals surface area contributed by atoms with E-state index in [9.17, 15) is 8.42 Å². The molecule has 1 atom stereocenters. The van der Waals surface area contributed by atoms with E-state index >= 15 is 0 Å². The van der Waals surface area contributed by atoms with Crippen molar-refractivity contribution in [2.24, 2.45) is 7.05 Å². The van der Waals surface area contributed by atoms with E-state index in [2.05, 4.69) is 15.0 Å². The highest BCUT2D eigenvalue weighted by Crippen LogP contribution is 2.29. The zero-order valence-electron chi connectivity index (χ0n) is 12.0. The molecule has 0 saturated heterocycles. The number of sulfonamides is 1. The van der Waals surface area contributed by atoms with E-state index in [0.29, 0.717) is 16.4 Å². The van der Waals surface area contributed by atoms with Gasteiger partial charge in [-0.05, 0) is 25.1 Å². The van der Waals surface area contributed by atoms with Crippen LogP contribution in [0.15, 0.2) is 30.6 Å². The van der Waals surface area contributed by atoms with Gasteiger partial charge in [-0.25, -0.2) is 13.4 Å².